The molecule has 0 aliphatic heterocycles. The third-order valence-electron chi connectivity index (χ3n) is 4.42. The molecule has 0 spiro atoms. The Labute approximate surface area is 126 Å². The minimum absolute atomic E-state index is 0.198. The van der Waals surface area contributed by atoms with Gasteiger partial charge >= 0.3 is 0 Å². The Hall–Kier alpha value is -1.55. The predicted molar refractivity (Wildman–Crippen MR) is 82.4 cm³/mol. The highest BCUT2D eigenvalue weighted by Gasteiger charge is 2.39. The first-order chi connectivity index (χ1) is 9.87. The first-order valence-corrected chi connectivity index (χ1v) is 7.53. The van der Waals surface area contributed by atoms with Crippen LogP contribution in [0.1, 0.15) is 45.1 Å². The Morgan fingerprint density at radius 3 is 2.38 bits per heavy atom. The zero-order valence-corrected chi connectivity index (χ0v) is 13.1. The summed E-state index contributed by atoms with van der Waals surface area (Å²) in [6.45, 7) is 4.65. The highest BCUT2D eigenvalue weighted by Crippen LogP contribution is 2.30. The van der Waals surface area contributed by atoms with Crippen LogP contribution in [-0.2, 0) is 10.2 Å². The Kier molecular flexibility index (Phi) is 4.57. The van der Waals surface area contributed by atoms with Gasteiger partial charge in [-0.3, -0.25) is 4.79 Å². The molecule has 2 N–H and O–H groups in total. The summed E-state index contributed by atoms with van der Waals surface area (Å²) in [4.78, 5) is 12.2. The molecule has 0 aromatic heterocycles. The Bertz CT molecular complexity index is 487. The number of rotatable bonds is 5. The van der Waals surface area contributed by atoms with Crippen molar-refractivity contribution in [3.8, 4) is 5.75 Å². The summed E-state index contributed by atoms with van der Waals surface area (Å²) in [7, 11) is 1.64. The van der Waals surface area contributed by atoms with Gasteiger partial charge in [0.2, 0.25) is 0 Å². The van der Waals surface area contributed by atoms with Crippen LogP contribution in [0.3, 0.4) is 0 Å². The Morgan fingerprint density at radius 2 is 1.86 bits per heavy atom. The number of methoxy groups -OCH3 is 1. The normalized spacial score (nSPS) is 17.5. The maximum absolute atomic E-state index is 12.2. The van der Waals surface area contributed by atoms with E-state index >= 15 is 0 Å². The molecule has 2 rings (SSSR count). The van der Waals surface area contributed by atoms with Crippen molar-refractivity contribution in [2.24, 2.45) is 0 Å². The topological polar surface area (TPSA) is 58.6 Å². The highest BCUT2D eigenvalue weighted by molar-refractivity contribution is 5.85. The molecule has 1 aliphatic carbocycles. The van der Waals surface area contributed by atoms with Crippen LogP contribution in [0.2, 0.25) is 0 Å². The summed E-state index contributed by atoms with van der Waals surface area (Å²) >= 11 is 0. The van der Waals surface area contributed by atoms with Crippen molar-refractivity contribution in [2.45, 2.75) is 50.5 Å². The molecule has 1 amide bonds. The van der Waals surface area contributed by atoms with Crippen molar-refractivity contribution in [1.29, 1.82) is 0 Å². The largest absolute Gasteiger partial charge is 0.497 e. The molecular weight excluding hydrogens is 266 g/mol. The SMILES string of the molecule is COc1ccc(C(C)(C)CNC(=O)C2(O)CCCC2)cc1. The number of nitrogens with one attached hydrogen (secondary N) is 1. The number of hydrogen-bond donors (Lipinski definition) is 2. The second-order valence-electron chi connectivity index (χ2n) is 6.53. The first-order valence-electron chi connectivity index (χ1n) is 7.53. The molecule has 1 aromatic rings. The van der Waals surface area contributed by atoms with Crippen LogP contribution in [-0.4, -0.2) is 30.3 Å². The molecule has 0 saturated heterocycles. The van der Waals surface area contributed by atoms with Gasteiger partial charge in [0.05, 0.1) is 7.11 Å². The number of hydrogen-bond acceptors (Lipinski definition) is 3. The number of carbonyl (C=O) groups is 1. The van der Waals surface area contributed by atoms with Gasteiger partial charge in [0, 0.05) is 12.0 Å². The van der Waals surface area contributed by atoms with E-state index in [1.807, 2.05) is 24.3 Å². The average Bonchev–Trinajstić information content (AvgIpc) is 2.93. The first kappa shape index (κ1) is 15.8. The van der Waals surface area contributed by atoms with Gasteiger partial charge in [-0.1, -0.05) is 26.0 Å². The maximum atomic E-state index is 12.2. The standard InChI is InChI=1S/C17H25NO3/c1-16(2,13-6-8-14(21-3)9-7-13)12-18-15(19)17(20)10-4-5-11-17/h6-9,20H,4-5,10-12H2,1-3H3,(H,18,19). The second kappa shape index (κ2) is 6.06. The molecule has 1 saturated carbocycles. The maximum Gasteiger partial charge on any atom is 0.251 e. The lowest BCUT2D eigenvalue weighted by Gasteiger charge is -2.28. The molecule has 116 valence electrons. The van der Waals surface area contributed by atoms with E-state index in [9.17, 15) is 9.90 Å². The predicted octanol–water partition coefficient (Wildman–Crippen LogP) is 2.39. The molecule has 21 heavy (non-hydrogen) atoms. The second-order valence-corrected chi connectivity index (χ2v) is 6.53. The summed E-state index contributed by atoms with van der Waals surface area (Å²) in [5.74, 6) is 0.584. The van der Waals surface area contributed by atoms with Gasteiger partial charge in [-0.15, -0.1) is 0 Å². The van der Waals surface area contributed by atoms with Crippen molar-refractivity contribution in [3.05, 3.63) is 29.8 Å². The molecule has 1 aromatic carbocycles. The van der Waals surface area contributed by atoms with E-state index in [1.165, 1.54) is 0 Å². The van der Waals surface area contributed by atoms with E-state index < -0.39 is 5.60 Å². The minimum atomic E-state index is -1.16. The lowest BCUT2D eigenvalue weighted by atomic mass is 9.84. The fraction of sp³-hybridized carbons (Fsp3) is 0.588. The molecule has 0 heterocycles. The van der Waals surface area contributed by atoms with Crippen LogP contribution in [0.4, 0.5) is 0 Å². The number of carbonyl (C=O) groups excluding carboxylic acids is 1. The molecule has 0 bridgehead atoms. The van der Waals surface area contributed by atoms with Crippen molar-refractivity contribution in [2.75, 3.05) is 13.7 Å². The number of ether oxygens (including phenoxy) is 1. The van der Waals surface area contributed by atoms with Crippen LogP contribution < -0.4 is 10.1 Å². The molecule has 0 unspecified atom stereocenters. The van der Waals surface area contributed by atoms with E-state index in [4.69, 9.17) is 4.74 Å². The van der Waals surface area contributed by atoms with Gasteiger partial charge in [0.15, 0.2) is 0 Å². The molecule has 0 atom stereocenters. The van der Waals surface area contributed by atoms with Crippen molar-refractivity contribution >= 4 is 5.91 Å². The average molecular weight is 291 g/mol. The quantitative estimate of drug-likeness (QED) is 0.876. The summed E-state index contributed by atoms with van der Waals surface area (Å²) in [6, 6.07) is 7.86. The third-order valence-corrected chi connectivity index (χ3v) is 4.42. The van der Waals surface area contributed by atoms with Gasteiger partial charge < -0.3 is 15.2 Å². The molecule has 0 radical (unpaired) electrons. The Morgan fingerprint density at radius 1 is 1.29 bits per heavy atom. The fourth-order valence-electron chi connectivity index (χ4n) is 2.80. The van der Waals surface area contributed by atoms with Crippen molar-refractivity contribution < 1.29 is 14.6 Å². The number of aliphatic hydroxyl groups is 1. The van der Waals surface area contributed by atoms with Crippen LogP contribution >= 0.6 is 0 Å². The van der Waals surface area contributed by atoms with Crippen molar-refractivity contribution in [1.82, 2.24) is 5.32 Å². The number of amides is 1. The van der Waals surface area contributed by atoms with Crippen LogP contribution in [0.15, 0.2) is 24.3 Å². The smallest absolute Gasteiger partial charge is 0.251 e. The minimum Gasteiger partial charge on any atom is -0.497 e. The van der Waals surface area contributed by atoms with E-state index in [0.29, 0.717) is 19.4 Å². The van der Waals surface area contributed by atoms with Crippen LogP contribution in [0.25, 0.3) is 0 Å². The van der Waals surface area contributed by atoms with Gasteiger partial charge in [0.1, 0.15) is 11.4 Å². The van der Waals surface area contributed by atoms with E-state index in [-0.39, 0.29) is 11.3 Å². The Balaban J connectivity index is 1.98. The fourth-order valence-corrected chi connectivity index (χ4v) is 2.80. The summed E-state index contributed by atoms with van der Waals surface area (Å²) in [5.41, 5.74) is -0.227. The summed E-state index contributed by atoms with van der Waals surface area (Å²) in [5, 5.41) is 13.2. The summed E-state index contributed by atoms with van der Waals surface area (Å²) in [6.07, 6.45) is 2.99. The van der Waals surface area contributed by atoms with E-state index in [2.05, 4.69) is 19.2 Å². The monoisotopic (exact) mass is 291 g/mol. The zero-order valence-electron chi connectivity index (χ0n) is 13.1. The van der Waals surface area contributed by atoms with E-state index in [0.717, 1.165) is 24.2 Å². The van der Waals surface area contributed by atoms with Crippen molar-refractivity contribution in [3.63, 3.8) is 0 Å². The van der Waals surface area contributed by atoms with Gasteiger partial charge in [0.25, 0.3) is 5.91 Å². The molecule has 4 heteroatoms. The summed E-state index contributed by atoms with van der Waals surface area (Å²) < 4.78 is 5.16. The number of benzene rings is 1. The highest BCUT2D eigenvalue weighted by atomic mass is 16.5. The lowest BCUT2D eigenvalue weighted by Crippen LogP contribution is -2.48. The lowest BCUT2D eigenvalue weighted by molar-refractivity contribution is -0.139. The van der Waals surface area contributed by atoms with Crippen LogP contribution in [0.5, 0.6) is 5.75 Å². The molecular formula is C17H25NO3. The van der Waals surface area contributed by atoms with E-state index in [1.54, 1.807) is 7.11 Å². The van der Waals surface area contributed by atoms with Gasteiger partial charge in [-0.05, 0) is 43.4 Å². The third kappa shape index (κ3) is 3.56. The molecule has 4 nitrogen and oxygen atoms in total. The molecule has 1 fully saturated rings. The van der Waals surface area contributed by atoms with Gasteiger partial charge in [-0.2, -0.15) is 0 Å². The molecule has 1 aliphatic rings. The van der Waals surface area contributed by atoms with Crippen LogP contribution in [0, 0.1) is 0 Å². The van der Waals surface area contributed by atoms with Gasteiger partial charge in [-0.25, -0.2) is 0 Å². The zero-order chi connectivity index (χ0) is 15.5.